The van der Waals surface area contributed by atoms with Crippen LogP contribution in [0.5, 0.6) is 0 Å². The predicted octanol–water partition coefficient (Wildman–Crippen LogP) is 1.67. The van der Waals surface area contributed by atoms with Gasteiger partial charge >= 0.3 is 0 Å². The second-order valence-electron chi connectivity index (χ2n) is 4.62. The lowest BCUT2D eigenvalue weighted by atomic mass is 10.2. The monoisotopic (exact) mass is 284 g/mol. The van der Waals surface area contributed by atoms with Gasteiger partial charge < -0.3 is 10.6 Å². The van der Waals surface area contributed by atoms with E-state index in [1.165, 1.54) is 0 Å². The molecule has 0 aliphatic heterocycles. The summed E-state index contributed by atoms with van der Waals surface area (Å²) >= 11 is 0. The molecule has 0 radical (unpaired) electrons. The highest BCUT2D eigenvalue weighted by Crippen LogP contribution is 2.13. The molecule has 0 unspecified atom stereocenters. The van der Waals surface area contributed by atoms with Gasteiger partial charge in [0.05, 0.1) is 5.75 Å². The summed E-state index contributed by atoms with van der Waals surface area (Å²) in [6.45, 7) is 3.83. The van der Waals surface area contributed by atoms with Crippen LogP contribution in [0.25, 0.3) is 0 Å². The third-order valence-electron chi connectivity index (χ3n) is 2.94. The van der Waals surface area contributed by atoms with Crippen molar-refractivity contribution >= 4 is 15.5 Å². The van der Waals surface area contributed by atoms with Gasteiger partial charge in [0.15, 0.2) is 9.84 Å². The topological polar surface area (TPSA) is 63.4 Å². The second kappa shape index (κ2) is 8.17. The molecule has 19 heavy (non-hydrogen) atoms. The van der Waals surface area contributed by atoms with Gasteiger partial charge in [-0.05, 0) is 31.5 Å². The smallest absolute Gasteiger partial charge is 0.152 e. The Bertz CT molecular complexity index is 446. The summed E-state index contributed by atoms with van der Waals surface area (Å²) in [7, 11) is -2.93. The minimum Gasteiger partial charge on any atom is -0.370 e. The van der Waals surface area contributed by atoms with Gasteiger partial charge in [-0.15, -0.1) is 0 Å². The molecular weight excluding hydrogens is 260 g/mol. The number of hydrogen-bond acceptors (Lipinski definition) is 4. The van der Waals surface area contributed by atoms with E-state index < -0.39 is 9.84 Å². The number of sulfone groups is 1. The molecule has 1 aromatic carbocycles. The van der Waals surface area contributed by atoms with Crippen LogP contribution in [0.2, 0.25) is 0 Å². The van der Waals surface area contributed by atoms with E-state index in [9.17, 15) is 8.42 Å². The first-order chi connectivity index (χ1) is 9.09. The molecule has 0 aromatic heterocycles. The molecule has 0 saturated heterocycles. The first-order valence-electron chi connectivity index (χ1n) is 6.79. The number of para-hydroxylation sites is 1. The maximum atomic E-state index is 11.8. The van der Waals surface area contributed by atoms with Gasteiger partial charge in [0.1, 0.15) is 0 Å². The average molecular weight is 284 g/mol. The van der Waals surface area contributed by atoms with Crippen molar-refractivity contribution in [2.45, 2.75) is 19.8 Å². The van der Waals surface area contributed by atoms with E-state index in [1.807, 2.05) is 37.3 Å². The van der Waals surface area contributed by atoms with Crippen LogP contribution in [-0.4, -0.2) is 39.6 Å². The Hall–Kier alpha value is -1.07. The van der Waals surface area contributed by atoms with Crippen LogP contribution in [0, 0.1) is 0 Å². The molecule has 0 atom stereocenters. The molecular formula is C14H24N2O2S. The third kappa shape index (κ3) is 6.07. The molecule has 0 saturated carbocycles. The minimum absolute atomic E-state index is 0.209. The normalized spacial score (nSPS) is 11.5. The van der Waals surface area contributed by atoms with Gasteiger partial charge in [-0.3, -0.25) is 0 Å². The Balaban J connectivity index is 2.66. The summed E-state index contributed by atoms with van der Waals surface area (Å²) in [6, 6.07) is 9.89. The van der Waals surface area contributed by atoms with Crippen LogP contribution in [0.15, 0.2) is 30.3 Å². The highest BCUT2D eigenvalue weighted by atomic mass is 32.2. The highest BCUT2D eigenvalue weighted by Gasteiger charge is 2.13. The molecule has 0 spiro atoms. The van der Waals surface area contributed by atoms with Gasteiger partial charge in [0.2, 0.25) is 0 Å². The fourth-order valence-electron chi connectivity index (χ4n) is 1.95. The van der Waals surface area contributed by atoms with Gasteiger partial charge in [0.25, 0.3) is 0 Å². The maximum absolute atomic E-state index is 11.8. The van der Waals surface area contributed by atoms with E-state index in [2.05, 4.69) is 4.90 Å². The summed E-state index contributed by atoms with van der Waals surface area (Å²) in [5.74, 6) is 0.479. The fourth-order valence-corrected chi connectivity index (χ4v) is 3.28. The van der Waals surface area contributed by atoms with Gasteiger partial charge in [-0.1, -0.05) is 25.1 Å². The zero-order chi connectivity index (χ0) is 14.1. The zero-order valence-electron chi connectivity index (χ0n) is 11.6. The Kier molecular flexibility index (Phi) is 6.87. The van der Waals surface area contributed by atoms with Crippen LogP contribution in [0.1, 0.15) is 19.8 Å². The van der Waals surface area contributed by atoms with Crippen molar-refractivity contribution in [3.8, 4) is 0 Å². The van der Waals surface area contributed by atoms with Crippen LogP contribution in [0.4, 0.5) is 5.69 Å². The molecule has 108 valence electrons. The summed E-state index contributed by atoms with van der Waals surface area (Å²) in [4.78, 5) is 2.10. The standard InChI is InChI=1S/C14H24N2O2S/c1-2-12-19(17,18)13-11-16(10-6-9-15)14-7-4-3-5-8-14/h3-5,7-8H,2,6,9-13,15H2,1H3. The van der Waals surface area contributed by atoms with E-state index in [0.717, 1.165) is 18.7 Å². The van der Waals surface area contributed by atoms with Crippen molar-refractivity contribution < 1.29 is 8.42 Å². The Morgan fingerprint density at radius 3 is 2.37 bits per heavy atom. The third-order valence-corrected chi connectivity index (χ3v) is 4.78. The van der Waals surface area contributed by atoms with Crippen molar-refractivity contribution in [2.24, 2.45) is 5.73 Å². The van der Waals surface area contributed by atoms with E-state index in [4.69, 9.17) is 5.73 Å². The van der Waals surface area contributed by atoms with Crippen LogP contribution < -0.4 is 10.6 Å². The lowest BCUT2D eigenvalue weighted by Gasteiger charge is -2.24. The number of nitrogens with zero attached hydrogens (tertiary/aromatic N) is 1. The molecule has 0 fully saturated rings. The number of benzene rings is 1. The van der Waals surface area contributed by atoms with E-state index in [-0.39, 0.29) is 11.5 Å². The molecule has 1 aromatic rings. The summed E-state index contributed by atoms with van der Waals surface area (Å²) in [6.07, 6.45) is 1.54. The molecule has 0 bridgehead atoms. The number of rotatable bonds is 9. The van der Waals surface area contributed by atoms with E-state index in [1.54, 1.807) is 0 Å². The second-order valence-corrected chi connectivity index (χ2v) is 6.92. The number of anilines is 1. The molecule has 0 heterocycles. The molecule has 0 aliphatic carbocycles. The van der Waals surface area contributed by atoms with Crippen LogP contribution in [0.3, 0.4) is 0 Å². The van der Waals surface area contributed by atoms with Crippen molar-refractivity contribution in [3.63, 3.8) is 0 Å². The molecule has 0 amide bonds. The molecule has 2 N–H and O–H groups in total. The van der Waals surface area contributed by atoms with Gasteiger partial charge in [0, 0.05) is 24.5 Å². The zero-order valence-corrected chi connectivity index (χ0v) is 12.4. The Labute approximate surface area is 116 Å². The molecule has 0 aliphatic rings. The molecule has 1 rings (SSSR count). The SMILES string of the molecule is CCCS(=O)(=O)CCN(CCCN)c1ccccc1. The van der Waals surface area contributed by atoms with Gasteiger partial charge in [-0.2, -0.15) is 0 Å². The van der Waals surface area contributed by atoms with E-state index >= 15 is 0 Å². The minimum atomic E-state index is -2.93. The first-order valence-corrected chi connectivity index (χ1v) is 8.61. The Morgan fingerprint density at radius 1 is 1.11 bits per heavy atom. The number of hydrogen-bond donors (Lipinski definition) is 1. The molecule has 4 nitrogen and oxygen atoms in total. The summed E-state index contributed by atoms with van der Waals surface area (Å²) in [5, 5.41) is 0. The number of nitrogens with two attached hydrogens (primary N) is 1. The average Bonchev–Trinajstić information content (AvgIpc) is 2.40. The van der Waals surface area contributed by atoms with Crippen molar-refractivity contribution in [2.75, 3.05) is 36.0 Å². The molecule has 5 heteroatoms. The summed E-state index contributed by atoms with van der Waals surface area (Å²) < 4.78 is 23.6. The van der Waals surface area contributed by atoms with E-state index in [0.29, 0.717) is 19.5 Å². The van der Waals surface area contributed by atoms with Crippen molar-refractivity contribution in [1.82, 2.24) is 0 Å². The quantitative estimate of drug-likeness (QED) is 0.749. The van der Waals surface area contributed by atoms with Crippen LogP contribution >= 0.6 is 0 Å². The highest BCUT2D eigenvalue weighted by molar-refractivity contribution is 7.91. The Morgan fingerprint density at radius 2 is 1.79 bits per heavy atom. The van der Waals surface area contributed by atoms with Crippen molar-refractivity contribution in [3.05, 3.63) is 30.3 Å². The lowest BCUT2D eigenvalue weighted by molar-refractivity contribution is 0.592. The fraction of sp³-hybridized carbons (Fsp3) is 0.571. The largest absolute Gasteiger partial charge is 0.370 e. The lowest BCUT2D eigenvalue weighted by Crippen LogP contribution is -2.32. The van der Waals surface area contributed by atoms with Crippen molar-refractivity contribution in [1.29, 1.82) is 0 Å². The first kappa shape index (κ1) is 16.0. The van der Waals surface area contributed by atoms with Gasteiger partial charge in [-0.25, -0.2) is 8.42 Å². The maximum Gasteiger partial charge on any atom is 0.152 e. The predicted molar refractivity (Wildman–Crippen MR) is 81.3 cm³/mol. The summed E-state index contributed by atoms with van der Waals surface area (Å²) in [5.41, 5.74) is 6.60. The van der Waals surface area contributed by atoms with Crippen LogP contribution in [-0.2, 0) is 9.84 Å².